The number of carbonyl (C=O) groups is 1. The first-order valence-corrected chi connectivity index (χ1v) is 7.49. The zero-order chi connectivity index (χ0) is 14.1. The van der Waals surface area contributed by atoms with Crippen LogP contribution in [0.5, 0.6) is 0 Å². The zero-order valence-corrected chi connectivity index (χ0v) is 12.1. The standard InChI is InChI=1S/C14H10ClN3OS/c1-20-12-7-11(15)17-14-10(8-16-18(12)14)13(19)9-5-3-2-4-6-9/h2-8H,1H3. The molecule has 0 N–H and O–H groups in total. The predicted molar refractivity (Wildman–Crippen MR) is 79.7 cm³/mol. The smallest absolute Gasteiger partial charge is 0.198 e. The molecule has 0 amide bonds. The number of nitrogens with zero attached hydrogens (tertiary/aromatic N) is 3. The highest BCUT2D eigenvalue weighted by Crippen LogP contribution is 2.23. The lowest BCUT2D eigenvalue weighted by Gasteiger charge is -2.03. The number of thioether (sulfide) groups is 1. The van der Waals surface area contributed by atoms with E-state index < -0.39 is 0 Å². The number of hydrogen-bond acceptors (Lipinski definition) is 4. The molecule has 2 aromatic heterocycles. The van der Waals surface area contributed by atoms with Gasteiger partial charge in [-0.15, -0.1) is 11.8 Å². The van der Waals surface area contributed by atoms with E-state index in [0.29, 0.717) is 21.9 Å². The van der Waals surface area contributed by atoms with Gasteiger partial charge in [0.2, 0.25) is 0 Å². The Labute approximate surface area is 124 Å². The molecule has 6 heteroatoms. The van der Waals surface area contributed by atoms with Gasteiger partial charge < -0.3 is 0 Å². The van der Waals surface area contributed by atoms with E-state index in [0.717, 1.165) is 5.03 Å². The average Bonchev–Trinajstić information content (AvgIpc) is 2.90. The summed E-state index contributed by atoms with van der Waals surface area (Å²) in [7, 11) is 0. The summed E-state index contributed by atoms with van der Waals surface area (Å²) in [6.07, 6.45) is 3.46. The Balaban J connectivity index is 2.18. The number of fused-ring (bicyclic) bond motifs is 1. The van der Waals surface area contributed by atoms with E-state index in [4.69, 9.17) is 11.6 Å². The maximum absolute atomic E-state index is 12.5. The van der Waals surface area contributed by atoms with Gasteiger partial charge in [0, 0.05) is 11.6 Å². The number of benzene rings is 1. The van der Waals surface area contributed by atoms with Crippen LogP contribution in [0.15, 0.2) is 47.6 Å². The fraction of sp³-hybridized carbons (Fsp3) is 0.0714. The summed E-state index contributed by atoms with van der Waals surface area (Å²) >= 11 is 7.50. The largest absolute Gasteiger partial charge is 0.288 e. The van der Waals surface area contributed by atoms with Crippen LogP contribution in [0.4, 0.5) is 0 Å². The Morgan fingerprint density at radius 3 is 2.75 bits per heavy atom. The number of carbonyl (C=O) groups excluding carboxylic acids is 1. The van der Waals surface area contributed by atoms with E-state index in [1.165, 1.54) is 18.0 Å². The van der Waals surface area contributed by atoms with Crippen molar-refractivity contribution in [3.05, 3.63) is 58.9 Å². The minimum Gasteiger partial charge on any atom is -0.288 e. The highest BCUT2D eigenvalue weighted by Gasteiger charge is 2.17. The fourth-order valence-electron chi connectivity index (χ4n) is 1.96. The predicted octanol–water partition coefficient (Wildman–Crippen LogP) is 3.34. The summed E-state index contributed by atoms with van der Waals surface area (Å²) in [5.74, 6) is -0.109. The SMILES string of the molecule is CSc1cc(Cl)nc2c(C(=O)c3ccccc3)cnn12. The molecule has 0 saturated heterocycles. The van der Waals surface area contributed by atoms with Crippen LogP contribution in [0, 0.1) is 0 Å². The summed E-state index contributed by atoms with van der Waals surface area (Å²) < 4.78 is 1.63. The van der Waals surface area contributed by atoms with Gasteiger partial charge in [0.25, 0.3) is 0 Å². The van der Waals surface area contributed by atoms with Gasteiger partial charge >= 0.3 is 0 Å². The van der Waals surface area contributed by atoms with Crippen molar-refractivity contribution >= 4 is 34.8 Å². The van der Waals surface area contributed by atoms with Crippen LogP contribution in [0.1, 0.15) is 15.9 Å². The van der Waals surface area contributed by atoms with Gasteiger partial charge in [0.05, 0.1) is 11.8 Å². The van der Waals surface area contributed by atoms with Gasteiger partial charge in [0.15, 0.2) is 11.4 Å². The molecule has 0 aliphatic carbocycles. The quantitative estimate of drug-likeness (QED) is 0.423. The summed E-state index contributed by atoms with van der Waals surface area (Å²) in [5.41, 5.74) is 1.54. The molecule has 0 saturated carbocycles. The summed E-state index contributed by atoms with van der Waals surface area (Å²) in [5, 5.41) is 5.42. The second-order valence-electron chi connectivity index (χ2n) is 4.11. The van der Waals surface area contributed by atoms with Crippen molar-refractivity contribution in [2.24, 2.45) is 0 Å². The summed E-state index contributed by atoms with van der Waals surface area (Å²) in [6.45, 7) is 0. The molecule has 0 atom stereocenters. The van der Waals surface area contributed by atoms with E-state index in [1.807, 2.05) is 24.5 Å². The molecule has 0 aliphatic heterocycles. The number of hydrogen-bond donors (Lipinski definition) is 0. The Hall–Kier alpha value is -1.85. The molecule has 3 aromatic rings. The Bertz CT molecular complexity index is 786. The van der Waals surface area contributed by atoms with E-state index >= 15 is 0 Å². The summed E-state index contributed by atoms with van der Waals surface area (Å²) in [6, 6.07) is 10.8. The normalized spacial score (nSPS) is 10.9. The van der Waals surface area contributed by atoms with Crippen LogP contribution in [0.2, 0.25) is 5.15 Å². The highest BCUT2D eigenvalue weighted by molar-refractivity contribution is 7.98. The molecule has 0 fully saturated rings. The lowest BCUT2D eigenvalue weighted by Crippen LogP contribution is -2.02. The van der Waals surface area contributed by atoms with Crippen LogP contribution in [0.25, 0.3) is 5.65 Å². The molecule has 0 radical (unpaired) electrons. The molecule has 4 nitrogen and oxygen atoms in total. The molecule has 1 aromatic carbocycles. The van der Waals surface area contributed by atoms with Crippen molar-refractivity contribution < 1.29 is 4.79 Å². The van der Waals surface area contributed by atoms with Crippen molar-refractivity contribution in [2.45, 2.75) is 5.03 Å². The molecular weight excluding hydrogens is 294 g/mol. The number of aromatic nitrogens is 3. The fourth-order valence-corrected chi connectivity index (χ4v) is 2.74. The highest BCUT2D eigenvalue weighted by atomic mass is 35.5. The third-order valence-corrected chi connectivity index (χ3v) is 3.80. The van der Waals surface area contributed by atoms with E-state index in [2.05, 4.69) is 10.1 Å². The second kappa shape index (κ2) is 5.26. The van der Waals surface area contributed by atoms with Crippen LogP contribution < -0.4 is 0 Å². The van der Waals surface area contributed by atoms with Crippen molar-refractivity contribution in [2.75, 3.05) is 6.26 Å². The van der Waals surface area contributed by atoms with E-state index in [-0.39, 0.29) is 5.78 Å². The van der Waals surface area contributed by atoms with Crippen molar-refractivity contribution in [3.63, 3.8) is 0 Å². The number of rotatable bonds is 3. The maximum atomic E-state index is 12.5. The van der Waals surface area contributed by atoms with E-state index in [1.54, 1.807) is 22.7 Å². The molecule has 0 spiro atoms. The maximum Gasteiger partial charge on any atom is 0.198 e. The molecule has 3 rings (SSSR count). The zero-order valence-electron chi connectivity index (χ0n) is 10.6. The average molecular weight is 304 g/mol. The van der Waals surface area contributed by atoms with Crippen LogP contribution in [-0.2, 0) is 0 Å². The first-order chi connectivity index (χ1) is 9.70. The molecule has 0 aliphatic rings. The van der Waals surface area contributed by atoms with Crippen LogP contribution in [0.3, 0.4) is 0 Å². The third kappa shape index (κ3) is 2.19. The Morgan fingerprint density at radius 2 is 2.05 bits per heavy atom. The molecule has 20 heavy (non-hydrogen) atoms. The van der Waals surface area contributed by atoms with Gasteiger partial charge in [-0.05, 0) is 6.26 Å². The first kappa shape index (κ1) is 13.1. The van der Waals surface area contributed by atoms with Gasteiger partial charge in [0.1, 0.15) is 10.2 Å². The minimum absolute atomic E-state index is 0.109. The number of halogens is 1. The van der Waals surface area contributed by atoms with Crippen molar-refractivity contribution in [1.29, 1.82) is 0 Å². The lowest BCUT2D eigenvalue weighted by molar-refractivity contribution is 0.104. The Morgan fingerprint density at radius 1 is 1.30 bits per heavy atom. The van der Waals surface area contributed by atoms with Gasteiger partial charge in [-0.3, -0.25) is 4.79 Å². The summed E-state index contributed by atoms with van der Waals surface area (Å²) in [4.78, 5) is 16.7. The lowest BCUT2D eigenvalue weighted by atomic mass is 10.1. The third-order valence-electron chi connectivity index (χ3n) is 2.90. The van der Waals surface area contributed by atoms with Gasteiger partial charge in [-0.1, -0.05) is 41.9 Å². The van der Waals surface area contributed by atoms with Gasteiger partial charge in [-0.2, -0.15) is 5.10 Å². The molecule has 100 valence electrons. The Kier molecular flexibility index (Phi) is 3.46. The number of ketones is 1. The van der Waals surface area contributed by atoms with Crippen LogP contribution >= 0.6 is 23.4 Å². The van der Waals surface area contributed by atoms with Crippen LogP contribution in [-0.4, -0.2) is 26.6 Å². The minimum atomic E-state index is -0.109. The van der Waals surface area contributed by atoms with Crippen molar-refractivity contribution in [3.8, 4) is 0 Å². The van der Waals surface area contributed by atoms with E-state index in [9.17, 15) is 4.79 Å². The first-order valence-electron chi connectivity index (χ1n) is 5.88. The second-order valence-corrected chi connectivity index (χ2v) is 5.32. The van der Waals surface area contributed by atoms with Gasteiger partial charge in [-0.25, -0.2) is 9.50 Å². The molecular formula is C14H10ClN3OS. The molecule has 0 unspecified atom stereocenters. The molecule has 2 heterocycles. The van der Waals surface area contributed by atoms with Crippen molar-refractivity contribution in [1.82, 2.24) is 14.6 Å². The topological polar surface area (TPSA) is 47.3 Å². The molecule has 0 bridgehead atoms. The monoisotopic (exact) mass is 303 g/mol.